The van der Waals surface area contributed by atoms with Crippen molar-refractivity contribution < 1.29 is 36.3 Å². The number of carbonyl (C=O) groups excluding carboxylic acids is 1. The van der Waals surface area contributed by atoms with Crippen LogP contribution in [-0.4, -0.2) is 66.6 Å². The highest BCUT2D eigenvalue weighted by atomic mass is 35.5. The van der Waals surface area contributed by atoms with E-state index in [4.69, 9.17) is 30.1 Å². The third-order valence-corrected chi connectivity index (χ3v) is 9.54. The molecule has 11 nitrogen and oxygen atoms in total. The van der Waals surface area contributed by atoms with Crippen LogP contribution in [0.2, 0.25) is 0 Å². The zero-order chi connectivity index (χ0) is 27.0. The summed E-state index contributed by atoms with van der Waals surface area (Å²) in [6.45, 7) is 8.30. The van der Waals surface area contributed by atoms with Crippen molar-refractivity contribution in [2.75, 3.05) is 32.0 Å². The summed E-state index contributed by atoms with van der Waals surface area (Å²) >= 11 is 6.39. The molecule has 2 aromatic rings. The Balaban J connectivity index is 2.38. The molecular formula is C21H31ClN3O8PS2. The van der Waals surface area contributed by atoms with Gasteiger partial charge in [0, 0.05) is 11.4 Å². The van der Waals surface area contributed by atoms with Crippen molar-refractivity contribution >= 4 is 46.7 Å². The number of nitrogens with zero attached hydrogens (tertiary/aromatic N) is 3. The van der Waals surface area contributed by atoms with Crippen LogP contribution >= 0.6 is 30.5 Å². The molecule has 1 heterocycles. The van der Waals surface area contributed by atoms with E-state index in [2.05, 4.69) is 10.2 Å². The van der Waals surface area contributed by atoms with Crippen LogP contribution in [0.3, 0.4) is 0 Å². The number of ether oxygens (including phenoxy) is 2. The molecular weight excluding hydrogens is 553 g/mol. The molecule has 15 heteroatoms. The highest BCUT2D eigenvalue weighted by molar-refractivity contribution is 7.92. The molecule has 1 amide bonds. The van der Waals surface area contributed by atoms with Crippen LogP contribution in [0.25, 0.3) is 10.6 Å². The van der Waals surface area contributed by atoms with Gasteiger partial charge < -0.3 is 18.5 Å². The summed E-state index contributed by atoms with van der Waals surface area (Å²) < 4.78 is 61.1. The van der Waals surface area contributed by atoms with Crippen molar-refractivity contribution in [1.29, 1.82) is 0 Å². The lowest BCUT2D eigenvalue weighted by Crippen LogP contribution is -2.41. The first-order chi connectivity index (χ1) is 16.8. The first-order valence-electron chi connectivity index (χ1n) is 11.1. The Labute approximate surface area is 220 Å². The van der Waals surface area contributed by atoms with Crippen LogP contribution in [0.15, 0.2) is 28.6 Å². The van der Waals surface area contributed by atoms with E-state index in [0.29, 0.717) is 39.5 Å². The fraction of sp³-hybridized carbons (Fsp3) is 0.571. The molecule has 2 rings (SSSR count). The van der Waals surface area contributed by atoms with Crippen molar-refractivity contribution in [2.24, 2.45) is 0 Å². The normalized spacial score (nSPS) is 12.4. The fourth-order valence-corrected chi connectivity index (χ4v) is 7.35. The molecule has 1 aromatic heterocycles. The van der Waals surface area contributed by atoms with Crippen LogP contribution in [0, 0.1) is 0 Å². The minimum absolute atomic E-state index is 0.0198. The van der Waals surface area contributed by atoms with Crippen molar-refractivity contribution in [3.8, 4) is 16.3 Å². The molecule has 202 valence electrons. The number of rotatable bonds is 13. The van der Waals surface area contributed by atoms with E-state index in [-0.39, 0.29) is 13.2 Å². The van der Waals surface area contributed by atoms with Gasteiger partial charge in [-0.1, -0.05) is 11.3 Å². The number of hydrogen-bond acceptors (Lipinski definition) is 11. The fourth-order valence-electron chi connectivity index (χ4n) is 2.68. The van der Waals surface area contributed by atoms with Crippen LogP contribution in [0.5, 0.6) is 5.75 Å². The molecule has 36 heavy (non-hydrogen) atoms. The minimum atomic E-state index is -4.62. The van der Waals surface area contributed by atoms with Gasteiger partial charge in [0.2, 0.25) is 0 Å². The lowest BCUT2D eigenvalue weighted by molar-refractivity contribution is 0.0398. The van der Waals surface area contributed by atoms with Gasteiger partial charge in [-0.15, -0.1) is 21.8 Å². The predicted molar refractivity (Wildman–Crippen MR) is 137 cm³/mol. The lowest BCUT2D eigenvalue weighted by atomic mass is 10.2. The van der Waals surface area contributed by atoms with E-state index in [1.807, 2.05) is 0 Å². The number of hydrogen-bond donors (Lipinski definition) is 0. The van der Waals surface area contributed by atoms with E-state index in [9.17, 15) is 17.8 Å². The number of benzene rings is 1. The van der Waals surface area contributed by atoms with Gasteiger partial charge in [0.15, 0.2) is 0 Å². The summed E-state index contributed by atoms with van der Waals surface area (Å²) in [6.07, 6.45) is -1.42. The largest absolute Gasteiger partial charge is 0.494 e. The maximum absolute atomic E-state index is 13.5. The second-order valence-electron chi connectivity index (χ2n) is 8.21. The molecule has 0 atom stereocenters. The Hall–Kier alpha value is -1.76. The van der Waals surface area contributed by atoms with Gasteiger partial charge in [-0.25, -0.2) is 4.79 Å². The standard InChI is InChI=1S/C21H31ClN3O8PS2/c1-6-31-34(27,32-7-2)15-25(20(26)33-21(3,4)5)36(28,29)19-24-23-18(35-19)16-9-11-17(12-10-16)30-14-8-13-22/h9-12H,6-8,13-15H2,1-5H3. The summed E-state index contributed by atoms with van der Waals surface area (Å²) in [5.74, 6) is 1.12. The van der Waals surface area contributed by atoms with Gasteiger partial charge >= 0.3 is 13.7 Å². The first-order valence-corrected chi connectivity index (χ1v) is 15.6. The Morgan fingerprint density at radius 1 is 1.11 bits per heavy atom. The number of sulfonamides is 1. The van der Waals surface area contributed by atoms with E-state index in [0.717, 1.165) is 11.3 Å². The van der Waals surface area contributed by atoms with Crippen LogP contribution < -0.4 is 4.74 Å². The molecule has 0 spiro atoms. The van der Waals surface area contributed by atoms with Gasteiger partial charge in [-0.05, 0) is 65.3 Å². The summed E-state index contributed by atoms with van der Waals surface area (Å²) in [5, 5.41) is 8.04. The zero-order valence-electron chi connectivity index (χ0n) is 20.8. The molecule has 0 bridgehead atoms. The lowest BCUT2D eigenvalue weighted by Gasteiger charge is -2.28. The van der Waals surface area contributed by atoms with Crippen molar-refractivity contribution in [1.82, 2.24) is 14.5 Å². The third-order valence-electron chi connectivity index (χ3n) is 4.12. The van der Waals surface area contributed by atoms with Gasteiger partial charge in [0.05, 0.1) is 19.8 Å². The molecule has 0 aliphatic heterocycles. The Morgan fingerprint density at radius 3 is 2.25 bits per heavy atom. The Kier molecular flexibility index (Phi) is 11.1. The van der Waals surface area contributed by atoms with E-state index >= 15 is 0 Å². The van der Waals surface area contributed by atoms with E-state index in [1.165, 1.54) is 0 Å². The van der Waals surface area contributed by atoms with E-state index < -0.39 is 39.9 Å². The number of amides is 1. The Bertz CT molecular complexity index is 1140. The average Bonchev–Trinajstić information content (AvgIpc) is 3.28. The summed E-state index contributed by atoms with van der Waals surface area (Å²) in [6, 6.07) is 6.84. The molecule has 0 saturated carbocycles. The molecule has 0 aliphatic rings. The molecule has 1 aromatic carbocycles. The SMILES string of the molecule is CCOP(=O)(CN(C(=O)OC(C)(C)C)S(=O)(=O)c1nnc(-c2ccc(OCCCCl)cc2)s1)OCC. The smallest absolute Gasteiger partial charge is 0.425 e. The van der Waals surface area contributed by atoms with Gasteiger partial charge in [0.25, 0.3) is 14.4 Å². The molecule has 0 unspecified atom stereocenters. The van der Waals surface area contributed by atoms with Crippen molar-refractivity contribution in [2.45, 2.75) is 51.0 Å². The van der Waals surface area contributed by atoms with Gasteiger partial charge in [-0.2, -0.15) is 12.7 Å². The number of carbonyl (C=O) groups is 1. The molecule has 0 N–H and O–H groups in total. The maximum Gasteiger partial charge on any atom is 0.425 e. The van der Waals surface area contributed by atoms with Crippen LogP contribution in [0.4, 0.5) is 4.79 Å². The predicted octanol–water partition coefficient (Wildman–Crippen LogP) is 5.36. The maximum atomic E-state index is 13.5. The monoisotopic (exact) mass is 583 g/mol. The molecule has 0 saturated heterocycles. The number of aromatic nitrogens is 2. The Morgan fingerprint density at radius 2 is 1.72 bits per heavy atom. The summed E-state index contributed by atoms with van der Waals surface area (Å²) in [7, 11) is -8.62. The van der Waals surface area contributed by atoms with Gasteiger partial charge in [-0.3, -0.25) is 4.57 Å². The zero-order valence-corrected chi connectivity index (χ0v) is 24.1. The number of halogens is 1. The number of alkyl halides is 1. The van der Waals surface area contributed by atoms with Crippen LogP contribution in [0.1, 0.15) is 41.0 Å². The molecule has 0 aliphatic carbocycles. The highest BCUT2D eigenvalue weighted by Crippen LogP contribution is 2.49. The van der Waals surface area contributed by atoms with Crippen LogP contribution in [-0.2, 0) is 28.4 Å². The first kappa shape index (κ1) is 30.5. The second-order valence-corrected chi connectivity index (χ2v) is 13.6. The highest BCUT2D eigenvalue weighted by Gasteiger charge is 2.42. The van der Waals surface area contributed by atoms with E-state index in [1.54, 1.807) is 58.9 Å². The molecule has 0 radical (unpaired) electrons. The quantitative estimate of drug-likeness (QED) is 0.172. The average molecular weight is 584 g/mol. The summed E-state index contributed by atoms with van der Waals surface area (Å²) in [4.78, 5) is 12.9. The third kappa shape index (κ3) is 8.67. The van der Waals surface area contributed by atoms with Gasteiger partial charge in [0.1, 0.15) is 22.6 Å². The summed E-state index contributed by atoms with van der Waals surface area (Å²) in [5.41, 5.74) is -0.428. The van der Waals surface area contributed by atoms with Crippen molar-refractivity contribution in [3.63, 3.8) is 0 Å². The second kappa shape index (κ2) is 13.2. The topological polar surface area (TPSA) is 134 Å². The molecule has 0 fully saturated rings. The van der Waals surface area contributed by atoms with Crippen molar-refractivity contribution in [3.05, 3.63) is 24.3 Å². The minimum Gasteiger partial charge on any atom is -0.494 e.